The van der Waals surface area contributed by atoms with E-state index in [0.717, 1.165) is 17.9 Å². The summed E-state index contributed by atoms with van der Waals surface area (Å²) in [4.78, 5) is 15.6. The summed E-state index contributed by atoms with van der Waals surface area (Å²) in [6.07, 6.45) is 0. The molecule has 130 valence electrons. The van der Waals surface area contributed by atoms with E-state index in [2.05, 4.69) is 5.32 Å². The molecule has 1 unspecified atom stereocenters. The van der Waals surface area contributed by atoms with E-state index in [4.69, 9.17) is 9.47 Å². The highest BCUT2D eigenvalue weighted by atomic mass is 35.5. The number of methoxy groups -OCH3 is 2. The fourth-order valence-electron chi connectivity index (χ4n) is 2.91. The van der Waals surface area contributed by atoms with Gasteiger partial charge in [0, 0.05) is 25.2 Å². The van der Waals surface area contributed by atoms with Crippen molar-refractivity contribution in [2.75, 3.05) is 33.9 Å². The molecular weight excluding hydrogens is 348 g/mol. The molecule has 1 aromatic carbocycles. The first-order valence-corrected chi connectivity index (χ1v) is 8.40. The van der Waals surface area contributed by atoms with Gasteiger partial charge in [0.15, 0.2) is 0 Å². The van der Waals surface area contributed by atoms with Gasteiger partial charge in [0.2, 0.25) is 0 Å². The van der Waals surface area contributed by atoms with Gasteiger partial charge in [-0.1, -0.05) is 18.2 Å². The van der Waals surface area contributed by atoms with Gasteiger partial charge in [0.25, 0.3) is 5.91 Å². The van der Waals surface area contributed by atoms with E-state index in [1.807, 2.05) is 40.6 Å². The van der Waals surface area contributed by atoms with Crippen molar-refractivity contribution in [3.05, 3.63) is 46.2 Å². The monoisotopic (exact) mass is 368 g/mol. The van der Waals surface area contributed by atoms with E-state index in [1.54, 1.807) is 14.2 Å². The van der Waals surface area contributed by atoms with Gasteiger partial charge in [-0.25, -0.2) is 0 Å². The third kappa shape index (κ3) is 3.50. The van der Waals surface area contributed by atoms with Crippen molar-refractivity contribution in [1.82, 2.24) is 10.2 Å². The lowest BCUT2D eigenvalue weighted by atomic mass is 10.0. The second-order valence-corrected chi connectivity index (χ2v) is 6.19. The van der Waals surface area contributed by atoms with Crippen molar-refractivity contribution in [1.29, 1.82) is 0 Å². The number of rotatable bonds is 4. The minimum absolute atomic E-state index is 0. The van der Waals surface area contributed by atoms with Gasteiger partial charge < -0.3 is 19.7 Å². The molecule has 0 aliphatic carbocycles. The molecule has 24 heavy (non-hydrogen) atoms. The van der Waals surface area contributed by atoms with Crippen molar-refractivity contribution in [2.24, 2.45) is 0 Å². The van der Waals surface area contributed by atoms with E-state index in [0.29, 0.717) is 23.7 Å². The van der Waals surface area contributed by atoms with Gasteiger partial charge in [0.05, 0.1) is 20.3 Å². The topological polar surface area (TPSA) is 50.8 Å². The van der Waals surface area contributed by atoms with Gasteiger partial charge in [0.1, 0.15) is 16.4 Å². The predicted molar refractivity (Wildman–Crippen MR) is 97.8 cm³/mol. The zero-order chi connectivity index (χ0) is 16.2. The van der Waals surface area contributed by atoms with Crippen LogP contribution in [0.2, 0.25) is 0 Å². The van der Waals surface area contributed by atoms with Crippen molar-refractivity contribution >= 4 is 29.7 Å². The molecule has 0 saturated carbocycles. The van der Waals surface area contributed by atoms with Crippen LogP contribution in [0.4, 0.5) is 0 Å². The first-order chi connectivity index (χ1) is 11.3. The first kappa shape index (κ1) is 18.6. The number of carbonyl (C=O) groups is 1. The Morgan fingerprint density at radius 3 is 2.71 bits per heavy atom. The smallest absolute Gasteiger partial charge is 0.268 e. The number of hydrogen-bond acceptors (Lipinski definition) is 5. The number of para-hydroxylation sites is 1. The summed E-state index contributed by atoms with van der Waals surface area (Å²) in [6, 6.07) is 9.63. The lowest BCUT2D eigenvalue weighted by Crippen LogP contribution is -2.48. The molecule has 1 saturated heterocycles. The third-order valence-electron chi connectivity index (χ3n) is 4.05. The lowest BCUT2D eigenvalue weighted by molar-refractivity contribution is 0.0633. The van der Waals surface area contributed by atoms with Gasteiger partial charge in [-0.3, -0.25) is 4.79 Å². The highest BCUT2D eigenvalue weighted by Gasteiger charge is 2.32. The number of nitrogens with one attached hydrogen (secondary N) is 1. The molecule has 0 spiro atoms. The summed E-state index contributed by atoms with van der Waals surface area (Å²) >= 11 is 1.42. The van der Waals surface area contributed by atoms with E-state index in [-0.39, 0.29) is 24.4 Å². The van der Waals surface area contributed by atoms with Crippen molar-refractivity contribution in [3.8, 4) is 11.5 Å². The zero-order valence-electron chi connectivity index (χ0n) is 13.7. The molecule has 7 heteroatoms. The van der Waals surface area contributed by atoms with Crippen LogP contribution in [0.3, 0.4) is 0 Å². The van der Waals surface area contributed by atoms with Crippen LogP contribution in [-0.2, 0) is 0 Å². The lowest BCUT2D eigenvalue weighted by Gasteiger charge is -2.37. The van der Waals surface area contributed by atoms with Crippen LogP contribution in [-0.4, -0.2) is 44.7 Å². The van der Waals surface area contributed by atoms with Crippen LogP contribution in [0.25, 0.3) is 0 Å². The molecule has 0 radical (unpaired) electrons. The highest BCUT2D eigenvalue weighted by molar-refractivity contribution is 7.12. The normalized spacial score (nSPS) is 17.1. The van der Waals surface area contributed by atoms with Gasteiger partial charge in [-0.05, 0) is 17.5 Å². The number of piperazine rings is 1. The van der Waals surface area contributed by atoms with Crippen molar-refractivity contribution in [3.63, 3.8) is 0 Å². The number of ether oxygens (including phenoxy) is 2. The Morgan fingerprint density at radius 2 is 1.96 bits per heavy atom. The maximum absolute atomic E-state index is 13.0. The number of nitrogens with zero attached hydrogens (tertiary/aromatic N) is 1. The largest absolute Gasteiger partial charge is 0.496 e. The summed E-state index contributed by atoms with van der Waals surface area (Å²) in [5.74, 6) is 1.45. The van der Waals surface area contributed by atoms with Crippen LogP contribution in [0.1, 0.15) is 21.3 Å². The van der Waals surface area contributed by atoms with Crippen LogP contribution < -0.4 is 14.8 Å². The van der Waals surface area contributed by atoms with Crippen molar-refractivity contribution in [2.45, 2.75) is 6.04 Å². The molecule has 0 bridgehead atoms. The summed E-state index contributed by atoms with van der Waals surface area (Å²) in [7, 11) is 3.25. The van der Waals surface area contributed by atoms with Gasteiger partial charge in [-0.2, -0.15) is 0 Å². The number of hydrogen-bond donors (Lipinski definition) is 1. The number of amides is 1. The van der Waals surface area contributed by atoms with Gasteiger partial charge in [-0.15, -0.1) is 23.7 Å². The van der Waals surface area contributed by atoms with E-state index >= 15 is 0 Å². The maximum atomic E-state index is 13.0. The molecule has 1 atom stereocenters. The molecule has 1 aromatic heterocycles. The molecule has 5 nitrogen and oxygen atoms in total. The Labute approximate surface area is 152 Å². The van der Waals surface area contributed by atoms with Crippen LogP contribution in [0.5, 0.6) is 11.5 Å². The Balaban J connectivity index is 0.00000208. The molecule has 1 amide bonds. The molecule has 2 aromatic rings. The average Bonchev–Trinajstić information content (AvgIpc) is 3.09. The van der Waals surface area contributed by atoms with Crippen LogP contribution in [0, 0.1) is 0 Å². The Hall–Kier alpha value is -1.76. The molecule has 1 aliphatic rings. The third-order valence-corrected chi connectivity index (χ3v) is 4.93. The minimum Gasteiger partial charge on any atom is -0.496 e. The minimum atomic E-state index is -0.0563. The van der Waals surface area contributed by atoms with Crippen molar-refractivity contribution < 1.29 is 14.3 Å². The quantitative estimate of drug-likeness (QED) is 0.901. The van der Waals surface area contributed by atoms with Gasteiger partial charge >= 0.3 is 0 Å². The number of carbonyl (C=O) groups excluding carboxylic acids is 1. The number of thiophene rings is 1. The Bertz CT molecular complexity index is 692. The highest BCUT2D eigenvalue weighted by Crippen LogP contribution is 2.33. The second kappa shape index (κ2) is 8.37. The number of benzene rings is 1. The average molecular weight is 369 g/mol. The number of halogens is 1. The molecule has 3 rings (SSSR count). The second-order valence-electron chi connectivity index (χ2n) is 5.28. The van der Waals surface area contributed by atoms with E-state index in [9.17, 15) is 4.79 Å². The van der Waals surface area contributed by atoms with Crippen LogP contribution >= 0.6 is 23.7 Å². The zero-order valence-corrected chi connectivity index (χ0v) is 15.3. The molecule has 1 aliphatic heterocycles. The Morgan fingerprint density at radius 1 is 1.21 bits per heavy atom. The summed E-state index contributed by atoms with van der Waals surface area (Å²) < 4.78 is 10.8. The Kier molecular flexibility index (Phi) is 6.48. The first-order valence-electron chi connectivity index (χ1n) is 7.52. The molecule has 2 heterocycles. The predicted octanol–water partition coefficient (Wildman–Crippen LogP) is 2.97. The summed E-state index contributed by atoms with van der Waals surface area (Å²) in [5.41, 5.74) is 1.02. The fraction of sp³-hybridized carbons (Fsp3) is 0.353. The molecule has 1 N–H and O–H groups in total. The fourth-order valence-corrected chi connectivity index (χ4v) is 3.72. The van der Waals surface area contributed by atoms with E-state index in [1.165, 1.54) is 11.3 Å². The van der Waals surface area contributed by atoms with Crippen LogP contribution in [0.15, 0.2) is 35.7 Å². The van der Waals surface area contributed by atoms with E-state index < -0.39 is 0 Å². The standard InChI is InChI=1S/C17H20N2O3S.ClH/c1-21-14-6-4-3-5-12(14)13-11-18-8-9-19(13)17(20)16-15(22-2)7-10-23-16;/h3-7,10,13,18H,8-9,11H2,1-2H3;1H. The summed E-state index contributed by atoms with van der Waals surface area (Å²) in [6.45, 7) is 2.15. The maximum Gasteiger partial charge on any atom is 0.268 e. The summed E-state index contributed by atoms with van der Waals surface area (Å²) in [5, 5.41) is 5.25. The SMILES string of the molecule is COc1ccccc1C1CNCCN1C(=O)c1sccc1OC.Cl. The molecular formula is C17H21ClN2O3S. The molecule has 1 fully saturated rings.